The monoisotopic (exact) mass is 699 g/mol. The van der Waals surface area contributed by atoms with Crippen molar-refractivity contribution in [3.8, 4) is 0 Å². The van der Waals surface area contributed by atoms with Crippen LogP contribution >= 0.6 is 7.82 Å². The molecule has 0 bridgehead atoms. The Balaban J connectivity index is 4.35. The highest BCUT2D eigenvalue weighted by Crippen LogP contribution is 2.43. The molecule has 0 aromatic heterocycles. The predicted octanol–water partition coefficient (Wildman–Crippen LogP) is 10.4. The predicted molar refractivity (Wildman–Crippen MR) is 201 cm³/mol. The zero-order valence-corrected chi connectivity index (χ0v) is 32.4. The molecule has 0 saturated carbocycles. The lowest BCUT2D eigenvalue weighted by Crippen LogP contribution is -2.37. The highest BCUT2D eigenvalue weighted by molar-refractivity contribution is 7.47. The van der Waals surface area contributed by atoms with Crippen molar-refractivity contribution < 1.29 is 37.3 Å². The zero-order chi connectivity index (χ0) is 35.6. The van der Waals surface area contributed by atoms with E-state index in [9.17, 15) is 14.3 Å². The fourth-order valence-electron chi connectivity index (χ4n) is 4.68. The van der Waals surface area contributed by atoms with E-state index in [4.69, 9.17) is 18.5 Å². The van der Waals surface area contributed by atoms with Gasteiger partial charge in [0.25, 0.3) is 0 Å². The lowest BCUT2D eigenvalue weighted by molar-refractivity contribution is -0.870. The first-order valence-corrected chi connectivity index (χ1v) is 20.4. The van der Waals surface area contributed by atoms with E-state index in [0.717, 1.165) is 70.6 Å². The summed E-state index contributed by atoms with van der Waals surface area (Å²) in [5, 5.41) is 0. The number of unbranched alkanes of at least 4 members (excludes halogenated alkanes) is 12. The van der Waals surface area contributed by atoms with Crippen molar-refractivity contribution in [2.45, 2.75) is 142 Å². The van der Waals surface area contributed by atoms with Crippen molar-refractivity contribution in [3.63, 3.8) is 0 Å². The SMILES string of the molecule is CC/C=C\C/C=C\C/C=C\CCCCCCCC(=O)OC(COCCCCCCCC/C=C\CCC)COP(=O)(O)OCC[N+](C)(C)C. The molecule has 0 aromatic carbocycles. The first kappa shape index (κ1) is 46.5. The van der Waals surface area contributed by atoms with Gasteiger partial charge in [0.1, 0.15) is 19.3 Å². The van der Waals surface area contributed by atoms with Crippen LogP contribution in [0, 0.1) is 0 Å². The second-order valence-corrected chi connectivity index (χ2v) is 15.0. The van der Waals surface area contributed by atoms with Crippen molar-refractivity contribution in [2.24, 2.45) is 0 Å². The highest BCUT2D eigenvalue weighted by Gasteiger charge is 2.26. The third-order valence-electron chi connectivity index (χ3n) is 7.61. The van der Waals surface area contributed by atoms with Gasteiger partial charge >= 0.3 is 13.8 Å². The third-order valence-corrected chi connectivity index (χ3v) is 8.59. The third kappa shape index (κ3) is 35.8. The number of hydrogen-bond acceptors (Lipinski definition) is 6. The summed E-state index contributed by atoms with van der Waals surface area (Å²) < 4.78 is 34.8. The molecular formula is C39H73NO7P+. The molecule has 280 valence electrons. The van der Waals surface area contributed by atoms with E-state index < -0.39 is 13.9 Å². The molecule has 0 rings (SSSR count). The highest BCUT2D eigenvalue weighted by atomic mass is 31.2. The second-order valence-electron chi connectivity index (χ2n) is 13.6. The molecule has 2 atom stereocenters. The van der Waals surface area contributed by atoms with E-state index in [0.29, 0.717) is 24.1 Å². The first-order chi connectivity index (χ1) is 23.1. The number of ether oxygens (including phenoxy) is 2. The first-order valence-electron chi connectivity index (χ1n) is 18.9. The summed E-state index contributed by atoms with van der Waals surface area (Å²) in [7, 11) is 1.64. The maximum absolute atomic E-state index is 12.6. The van der Waals surface area contributed by atoms with E-state index in [-0.39, 0.29) is 25.8 Å². The Hall–Kier alpha value is -1.54. The van der Waals surface area contributed by atoms with Crippen molar-refractivity contribution in [2.75, 3.05) is 54.1 Å². The van der Waals surface area contributed by atoms with Crippen LogP contribution in [0.1, 0.15) is 136 Å². The number of phosphoric ester groups is 1. The summed E-state index contributed by atoms with van der Waals surface area (Å²) in [6.45, 7) is 5.39. The quantitative estimate of drug-likeness (QED) is 0.0235. The molecule has 2 unspecified atom stereocenters. The van der Waals surface area contributed by atoms with Crippen molar-refractivity contribution in [1.29, 1.82) is 0 Å². The molecule has 1 N–H and O–H groups in total. The van der Waals surface area contributed by atoms with Crippen LogP contribution in [0.3, 0.4) is 0 Å². The summed E-state index contributed by atoms with van der Waals surface area (Å²) in [6, 6.07) is 0. The number of quaternary nitrogens is 1. The molecule has 0 amide bonds. The number of hydrogen-bond donors (Lipinski definition) is 1. The molecule has 0 spiro atoms. The number of allylic oxidation sites excluding steroid dienone is 8. The lowest BCUT2D eigenvalue weighted by Gasteiger charge is -2.24. The maximum atomic E-state index is 12.6. The standard InChI is InChI=1S/C39H72NO7P/c1-6-8-10-12-14-16-18-19-20-21-22-24-26-28-30-32-39(41)47-38(37-46-48(42,43)45-35-33-40(3,4)5)36-44-34-31-29-27-25-23-17-15-13-11-9-7-2/h8,10-11,13-14,16,19-20,38H,6-7,9,12,15,17-18,21-37H2,1-5H3/p+1/b10-8-,13-11-,16-14-,20-19-. The van der Waals surface area contributed by atoms with Gasteiger partial charge in [-0.05, 0) is 64.2 Å². The normalized spacial score (nSPS) is 14.5. The number of carbonyl (C=O) groups excluding carboxylic acids is 1. The van der Waals surface area contributed by atoms with Gasteiger partial charge in [-0.3, -0.25) is 13.8 Å². The van der Waals surface area contributed by atoms with Gasteiger partial charge in [0.15, 0.2) is 0 Å². The van der Waals surface area contributed by atoms with Crippen LogP contribution in [0.25, 0.3) is 0 Å². The molecule has 0 aromatic rings. The van der Waals surface area contributed by atoms with Gasteiger partial charge in [-0.1, -0.05) is 114 Å². The number of phosphoric acid groups is 1. The van der Waals surface area contributed by atoms with Crippen LogP contribution in [0.5, 0.6) is 0 Å². The molecule has 9 heteroatoms. The largest absolute Gasteiger partial charge is 0.472 e. The summed E-state index contributed by atoms with van der Waals surface area (Å²) in [4.78, 5) is 22.7. The summed E-state index contributed by atoms with van der Waals surface area (Å²) >= 11 is 0. The fourth-order valence-corrected chi connectivity index (χ4v) is 5.43. The summed E-state index contributed by atoms with van der Waals surface area (Å²) in [5.41, 5.74) is 0. The van der Waals surface area contributed by atoms with Crippen LogP contribution in [0.15, 0.2) is 48.6 Å². The number of likely N-dealkylation sites (N-methyl/N-ethyl adjacent to an activating group) is 1. The van der Waals surface area contributed by atoms with Gasteiger partial charge in [0.2, 0.25) is 0 Å². The Morgan fingerprint density at radius 1 is 0.667 bits per heavy atom. The minimum absolute atomic E-state index is 0.0820. The molecule has 8 nitrogen and oxygen atoms in total. The van der Waals surface area contributed by atoms with E-state index in [1.165, 1.54) is 44.9 Å². The number of nitrogens with zero attached hydrogens (tertiary/aromatic N) is 1. The summed E-state index contributed by atoms with van der Waals surface area (Å²) in [5.74, 6) is -0.336. The number of carbonyl (C=O) groups is 1. The van der Waals surface area contributed by atoms with Gasteiger partial charge in [-0.15, -0.1) is 0 Å². The molecular weight excluding hydrogens is 625 g/mol. The van der Waals surface area contributed by atoms with Crippen LogP contribution in [0.4, 0.5) is 0 Å². The van der Waals surface area contributed by atoms with Crippen molar-refractivity contribution >= 4 is 13.8 Å². The topological polar surface area (TPSA) is 91.3 Å². The Bertz CT molecular complexity index is 911. The van der Waals surface area contributed by atoms with Gasteiger partial charge < -0.3 is 18.9 Å². The molecule has 0 saturated heterocycles. The average molecular weight is 699 g/mol. The molecule has 0 fully saturated rings. The number of rotatable bonds is 34. The van der Waals surface area contributed by atoms with Crippen LogP contribution < -0.4 is 0 Å². The Morgan fingerprint density at radius 3 is 1.83 bits per heavy atom. The summed E-state index contributed by atoms with van der Waals surface area (Å²) in [6.07, 6.45) is 37.1. The Morgan fingerprint density at radius 2 is 1.21 bits per heavy atom. The Kier molecular flexibility index (Phi) is 31.6. The van der Waals surface area contributed by atoms with Gasteiger partial charge in [-0.2, -0.15) is 0 Å². The van der Waals surface area contributed by atoms with E-state index in [1.807, 2.05) is 21.1 Å². The molecule has 0 aliphatic heterocycles. The van der Waals surface area contributed by atoms with E-state index in [1.54, 1.807) is 0 Å². The minimum atomic E-state index is -4.27. The molecule has 0 heterocycles. The fraction of sp³-hybridized carbons (Fsp3) is 0.769. The van der Waals surface area contributed by atoms with E-state index >= 15 is 0 Å². The average Bonchev–Trinajstić information content (AvgIpc) is 3.03. The van der Waals surface area contributed by atoms with Gasteiger partial charge in [0, 0.05) is 13.0 Å². The van der Waals surface area contributed by atoms with Crippen LogP contribution in [0.2, 0.25) is 0 Å². The molecule has 48 heavy (non-hydrogen) atoms. The minimum Gasteiger partial charge on any atom is -0.457 e. The maximum Gasteiger partial charge on any atom is 0.472 e. The number of esters is 1. The van der Waals surface area contributed by atoms with Crippen molar-refractivity contribution in [1.82, 2.24) is 0 Å². The molecule has 0 aliphatic carbocycles. The van der Waals surface area contributed by atoms with Crippen LogP contribution in [-0.2, 0) is 27.9 Å². The second kappa shape index (κ2) is 32.7. The van der Waals surface area contributed by atoms with Crippen LogP contribution in [-0.4, -0.2) is 75.6 Å². The lowest BCUT2D eigenvalue weighted by atomic mass is 10.1. The molecule has 0 aliphatic rings. The van der Waals surface area contributed by atoms with Gasteiger partial charge in [0.05, 0.1) is 34.4 Å². The Labute approximate surface area is 295 Å². The van der Waals surface area contributed by atoms with Gasteiger partial charge in [-0.25, -0.2) is 4.57 Å². The van der Waals surface area contributed by atoms with E-state index in [2.05, 4.69) is 62.5 Å². The molecule has 0 radical (unpaired) electrons. The van der Waals surface area contributed by atoms with Crippen molar-refractivity contribution in [3.05, 3.63) is 48.6 Å². The smallest absolute Gasteiger partial charge is 0.457 e. The zero-order valence-electron chi connectivity index (χ0n) is 31.5.